The summed E-state index contributed by atoms with van der Waals surface area (Å²) in [5.41, 5.74) is 2.64. The zero-order chi connectivity index (χ0) is 26.1. The van der Waals surface area contributed by atoms with Crippen molar-refractivity contribution in [3.05, 3.63) is 99.0 Å². The monoisotopic (exact) mass is 524 g/mol. The van der Waals surface area contributed by atoms with Crippen molar-refractivity contribution < 1.29 is 19.4 Å². The predicted octanol–water partition coefficient (Wildman–Crippen LogP) is 6.77. The fourth-order valence-corrected chi connectivity index (χ4v) is 4.23. The molecule has 0 aromatic heterocycles. The van der Waals surface area contributed by atoms with Gasteiger partial charge in [-0.15, -0.1) is 0 Å². The predicted molar refractivity (Wildman–Crippen MR) is 140 cm³/mol. The van der Waals surface area contributed by atoms with Crippen molar-refractivity contribution >= 4 is 35.1 Å². The van der Waals surface area contributed by atoms with Crippen molar-refractivity contribution in [2.45, 2.75) is 38.2 Å². The van der Waals surface area contributed by atoms with Crippen LogP contribution in [-0.2, 0) is 4.79 Å². The highest BCUT2D eigenvalue weighted by Crippen LogP contribution is 2.40. The average molecular weight is 525 g/mol. The number of hydrogen-bond donors (Lipinski definition) is 2. The maximum absolute atomic E-state index is 12.4. The molecule has 0 radical (unpaired) electrons. The van der Waals surface area contributed by atoms with E-state index in [1.807, 2.05) is 24.3 Å². The molecule has 3 aromatic rings. The van der Waals surface area contributed by atoms with Gasteiger partial charge >= 0.3 is 5.97 Å². The Bertz CT molecular complexity index is 1240. The second-order valence-electron chi connectivity index (χ2n) is 8.26. The van der Waals surface area contributed by atoms with E-state index in [-0.39, 0.29) is 24.8 Å². The summed E-state index contributed by atoms with van der Waals surface area (Å²) in [4.78, 5) is 23.1. The largest absolute Gasteiger partial charge is 0.484 e. The van der Waals surface area contributed by atoms with Gasteiger partial charge in [-0.1, -0.05) is 60.8 Å². The Morgan fingerprint density at radius 2 is 1.64 bits per heavy atom. The van der Waals surface area contributed by atoms with Crippen molar-refractivity contribution in [2.75, 3.05) is 6.54 Å². The van der Waals surface area contributed by atoms with E-state index in [1.54, 1.807) is 42.5 Å². The molecule has 8 heteroatoms. The Morgan fingerprint density at radius 3 is 2.25 bits per heavy atom. The van der Waals surface area contributed by atoms with Crippen molar-refractivity contribution in [1.82, 2.24) is 5.32 Å². The molecule has 3 aromatic carbocycles. The van der Waals surface area contributed by atoms with Crippen LogP contribution in [0.4, 0.5) is 0 Å². The fraction of sp³-hybridized carbons (Fsp3) is 0.250. The molecule has 2 atom stereocenters. The van der Waals surface area contributed by atoms with Crippen LogP contribution in [0.2, 0.25) is 10.0 Å². The van der Waals surface area contributed by atoms with E-state index in [2.05, 4.69) is 18.3 Å². The smallest absolute Gasteiger partial charge is 0.305 e. The molecule has 0 unspecified atom stereocenters. The molecule has 0 saturated carbocycles. The Kier molecular flexibility index (Phi) is 9.75. The quantitative estimate of drug-likeness (QED) is 0.288. The van der Waals surface area contributed by atoms with E-state index >= 15 is 0 Å². The third kappa shape index (κ3) is 7.24. The number of aliphatic carboxylic acids is 1. The van der Waals surface area contributed by atoms with Gasteiger partial charge in [0.2, 0.25) is 0 Å². The van der Waals surface area contributed by atoms with Gasteiger partial charge in [-0.25, -0.2) is 0 Å². The first-order valence-corrected chi connectivity index (χ1v) is 12.3. The van der Waals surface area contributed by atoms with Crippen LogP contribution in [0.3, 0.4) is 0 Å². The lowest BCUT2D eigenvalue weighted by atomic mass is 9.85. The van der Waals surface area contributed by atoms with Gasteiger partial charge in [-0.2, -0.15) is 5.26 Å². The highest BCUT2D eigenvalue weighted by molar-refractivity contribution is 6.30. The minimum atomic E-state index is -0.971. The van der Waals surface area contributed by atoms with Gasteiger partial charge in [0, 0.05) is 28.1 Å². The van der Waals surface area contributed by atoms with Crippen LogP contribution in [0.1, 0.15) is 65.3 Å². The second kappa shape index (κ2) is 13.0. The first-order valence-electron chi connectivity index (χ1n) is 11.5. The van der Waals surface area contributed by atoms with Crippen LogP contribution in [0.15, 0.2) is 66.7 Å². The molecule has 1 amide bonds. The van der Waals surface area contributed by atoms with Gasteiger partial charge < -0.3 is 15.2 Å². The summed E-state index contributed by atoms with van der Waals surface area (Å²) in [7, 11) is 0. The lowest BCUT2D eigenvalue weighted by molar-refractivity contribution is -0.136. The van der Waals surface area contributed by atoms with Gasteiger partial charge in [0.05, 0.1) is 12.0 Å². The summed E-state index contributed by atoms with van der Waals surface area (Å²) >= 11 is 12.2. The third-order valence-electron chi connectivity index (χ3n) is 5.71. The van der Waals surface area contributed by atoms with Gasteiger partial charge in [-0.3, -0.25) is 9.59 Å². The van der Waals surface area contributed by atoms with Gasteiger partial charge in [0.15, 0.2) is 0 Å². The number of halogens is 2. The topological polar surface area (TPSA) is 99.4 Å². The van der Waals surface area contributed by atoms with Gasteiger partial charge in [-0.05, 0) is 60.0 Å². The minimum Gasteiger partial charge on any atom is -0.484 e. The fourth-order valence-electron chi connectivity index (χ4n) is 3.93. The number of carbonyl (C=O) groups is 2. The van der Waals surface area contributed by atoms with Crippen LogP contribution in [0.25, 0.3) is 0 Å². The van der Waals surface area contributed by atoms with E-state index in [1.165, 1.54) is 0 Å². The van der Waals surface area contributed by atoms with Gasteiger partial charge in [0.25, 0.3) is 5.91 Å². The number of carbonyl (C=O) groups excluding carboxylic acids is 1. The molecule has 0 aliphatic carbocycles. The Labute approximate surface area is 220 Å². The number of benzene rings is 3. The number of nitriles is 1. The third-order valence-corrected chi connectivity index (χ3v) is 6.19. The normalized spacial score (nSPS) is 12.3. The molecule has 36 heavy (non-hydrogen) atoms. The van der Waals surface area contributed by atoms with E-state index in [0.29, 0.717) is 26.9 Å². The molecule has 0 aliphatic heterocycles. The number of rotatable bonds is 11. The van der Waals surface area contributed by atoms with Crippen LogP contribution in [-0.4, -0.2) is 23.5 Å². The van der Waals surface area contributed by atoms with E-state index in [9.17, 15) is 14.9 Å². The zero-order valence-corrected chi connectivity index (χ0v) is 21.2. The van der Waals surface area contributed by atoms with Crippen molar-refractivity contribution in [2.24, 2.45) is 0 Å². The summed E-state index contributed by atoms with van der Waals surface area (Å²) < 4.78 is 6.48. The molecule has 0 aliphatic rings. The lowest BCUT2D eigenvalue weighted by Crippen LogP contribution is -2.26. The number of carboxylic acid groups (broad SMARTS) is 1. The summed E-state index contributed by atoms with van der Waals surface area (Å²) in [5, 5.41) is 22.0. The standard InChI is InChI=1S/C28H26Cl2N2O4/c1-2-3-24(18-4-6-20(7-5-18)28(35)32-15-14-26(33)34)27(19-8-10-22(29)11-9-19)36-25-13-12-23(30)16-21(25)17-31/h4-13,16,24,27H,2-3,14-15H2,1H3,(H,32,35)(H,33,34)/t24-,27+/m1/s1. The van der Waals surface area contributed by atoms with Crippen LogP contribution < -0.4 is 10.1 Å². The van der Waals surface area contributed by atoms with E-state index in [4.69, 9.17) is 33.0 Å². The Hall–Kier alpha value is -3.53. The van der Waals surface area contributed by atoms with Crippen LogP contribution in [0.5, 0.6) is 5.75 Å². The minimum absolute atomic E-state index is 0.0587. The van der Waals surface area contributed by atoms with Crippen LogP contribution >= 0.6 is 23.2 Å². The number of ether oxygens (including phenoxy) is 1. The summed E-state index contributed by atoms with van der Waals surface area (Å²) in [6.07, 6.45) is 1.08. The Balaban J connectivity index is 1.94. The molecule has 0 heterocycles. The van der Waals surface area contributed by atoms with E-state index in [0.717, 1.165) is 24.0 Å². The molecule has 0 fully saturated rings. The first-order chi connectivity index (χ1) is 17.3. The molecule has 3 rings (SSSR count). The molecule has 6 nitrogen and oxygen atoms in total. The number of nitrogens with one attached hydrogen (secondary N) is 1. The van der Waals surface area contributed by atoms with Crippen LogP contribution in [0, 0.1) is 11.3 Å². The number of hydrogen-bond acceptors (Lipinski definition) is 4. The molecule has 0 saturated heterocycles. The van der Waals surface area contributed by atoms with Gasteiger partial charge in [0.1, 0.15) is 17.9 Å². The maximum Gasteiger partial charge on any atom is 0.305 e. The number of carboxylic acids is 1. The molecule has 0 spiro atoms. The SMILES string of the molecule is CCC[C@H](c1ccc(C(=O)NCCC(=O)O)cc1)[C@@H](Oc1ccc(Cl)cc1C#N)c1ccc(Cl)cc1. The molecular weight excluding hydrogens is 499 g/mol. The number of amides is 1. The molecule has 186 valence electrons. The molecular formula is C28H26Cl2N2O4. The Morgan fingerprint density at radius 1 is 1.00 bits per heavy atom. The lowest BCUT2D eigenvalue weighted by Gasteiger charge is -2.29. The average Bonchev–Trinajstić information content (AvgIpc) is 2.87. The first kappa shape index (κ1) is 27.1. The second-order valence-corrected chi connectivity index (χ2v) is 9.13. The van der Waals surface area contributed by atoms with Crippen molar-refractivity contribution in [1.29, 1.82) is 5.26 Å². The molecule has 2 N–H and O–H groups in total. The summed E-state index contributed by atoms with van der Waals surface area (Å²) in [6, 6.07) is 21.7. The maximum atomic E-state index is 12.4. The van der Waals surface area contributed by atoms with Crippen molar-refractivity contribution in [3.8, 4) is 11.8 Å². The highest BCUT2D eigenvalue weighted by atomic mass is 35.5. The van der Waals surface area contributed by atoms with E-state index < -0.39 is 12.1 Å². The number of nitrogens with zero attached hydrogens (tertiary/aromatic N) is 1. The summed E-state index contributed by atoms with van der Waals surface area (Å²) in [6.45, 7) is 2.14. The highest BCUT2D eigenvalue weighted by Gasteiger charge is 2.27. The summed E-state index contributed by atoms with van der Waals surface area (Å²) in [5.74, 6) is -0.971. The zero-order valence-electron chi connectivity index (χ0n) is 19.7. The van der Waals surface area contributed by atoms with Crippen molar-refractivity contribution in [3.63, 3.8) is 0 Å². The molecule has 0 bridgehead atoms.